The first kappa shape index (κ1) is 15.6. The van der Waals surface area contributed by atoms with E-state index in [-0.39, 0.29) is 5.97 Å². The van der Waals surface area contributed by atoms with E-state index in [9.17, 15) is 4.79 Å². The van der Waals surface area contributed by atoms with Gasteiger partial charge in [0.2, 0.25) is 0 Å². The highest BCUT2D eigenvalue weighted by Crippen LogP contribution is 2.28. The molecule has 0 aliphatic carbocycles. The molecule has 2 rings (SSSR count). The third kappa shape index (κ3) is 4.12. The molecule has 0 heterocycles. The van der Waals surface area contributed by atoms with Gasteiger partial charge in [0.05, 0.1) is 14.2 Å². The lowest BCUT2D eigenvalue weighted by atomic mass is 10.1. The van der Waals surface area contributed by atoms with Gasteiger partial charge in [-0.05, 0) is 35.4 Å². The zero-order chi connectivity index (χ0) is 15.9. The molecule has 0 saturated carbocycles. The number of benzene rings is 2. The van der Waals surface area contributed by atoms with E-state index < -0.39 is 0 Å². The monoisotopic (exact) mass is 298 g/mol. The number of carbonyl (C=O) groups is 1. The van der Waals surface area contributed by atoms with Crippen LogP contribution in [0.15, 0.2) is 42.5 Å². The second-order valence-electron chi connectivity index (χ2n) is 4.61. The summed E-state index contributed by atoms with van der Waals surface area (Å²) >= 11 is 0. The Hall–Kier alpha value is -2.75. The number of methoxy groups -OCH3 is 2. The molecule has 0 aliphatic rings. The average Bonchev–Trinajstić information content (AvgIpc) is 2.53. The van der Waals surface area contributed by atoms with E-state index in [1.54, 1.807) is 26.4 Å². The molecule has 2 aromatic rings. The Balaban J connectivity index is 2.12. The molecular weight excluding hydrogens is 280 g/mol. The van der Waals surface area contributed by atoms with Crippen molar-refractivity contribution in [2.75, 3.05) is 14.2 Å². The van der Waals surface area contributed by atoms with E-state index in [1.807, 2.05) is 42.5 Å². The highest BCUT2D eigenvalue weighted by Gasteiger charge is 2.02. The van der Waals surface area contributed by atoms with Crippen molar-refractivity contribution < 1.29 is 19.0 Å². The molecule has 0 aliphatic heterocycles. The van der Waals surface area contributed by atoms with Crippen molar-refractivity contribution in [2.45, 2.75) is 6.92 Å². The van der Waals surface area contributed by atoms with Gasteiger partial charge in [-0.1, -0.05) is 30.4 Å². The summed E-state index contributed by atoms with van der Waals surface area (Å²) in [6.45, 7) is 1.38. The molecule has 0 fully saturated rings. The number of hydrogen-bond acceptors (Lipinski definition) is 4. The van der Waals surface area contributed by atoms with Crippen molar-refractivity contribution in [1.29, 1.82) is 0 Å². The van der Waals surface area contributed by atoms with Crippen LogP contribution in [-0.4, -0.2) is 20.2 Å². The second-order valence-corrected chi connectivity index (χ2v) is 4.61. The molecule has 2 aromatic carbocycles. The summed E-state index contributed by atoms with van der Waals surface area (Å²) in [5.41, 5.74) is 2.01. The van der Waals surface area contributed by atoms with Crippen molar-refractivity contribution >= 4 is 18.1 Å². The molecule has 0 aromatic heterocycles. The summed E-state index contributed by atoms with van der Waals surface area (Å²) in [5.74, 6) is 1.60. The first-order valence-corrected chi connectivity index (χ1v) is 6.81. The van der Waals surface area contributed by atoms with E-state index in [4.69, 9.17) is 14.2 Å². The predicted molar refractivity (Wildman–Crippen MR) is 86.2 cm³/mol. The largest absolute Gasteiger partial charge is 0.493 e. The number of hydrogen-bond donors (Lipinski definition) is 0. The Morgan fingerprint density at radius 1 is 0.864 bits per heavy atom. The Labute approximate surface area is 129 Å². The average molecular weight is 298 g/mol. The van der Waals surface area contributed by atoms with Crippen molar-refractivity contribution in [1.82, 2.24) is 0 Å². The summed E-state index contributed by atoms with van der Waals surface area (Å²) in [6, 6.07) is 13.0. The van der Waals surface area contributed by atoms with Gasteiger partial charge in [0.25, 0.3) is 0 Å². The first-order valence-electron chi connectivity index (χ1n) is 6.81. The standard InChI is InChI=1S/C18H18O4/c1-13(19)22-16-9-6-14(7-10-16)4-5-15-8-11-17(20-2)18(12-15)21-3/h4-12H,1-3H3/b5-4+. The third-order valence-corrected chi connectivity index (χ3v) is 3.02. The van der Waals surface area contributed by atoms with Gasteiger partial charge in [0.15, 0.2) is 11.5 Å². The maximum atomic E-state index is 10.9. The van der Waals surface area contributed by atoms with Crippen LogP contribution in [0.5, 0.6) is 17.2 Å². The van der Waals surface area contributed by atoms with E-state index in [1.165, 1.54) is 6.92 Å². The van der Waals surface area contributed by atoms with Crippen molar-refractivity contribution in [3.63, 3.8) is 0 Å². The van der Waals surface area contributed by atoms with E-state index in [0.717, 1.165) is 11.1 Å². The van der Waals surface area contributed by atoms with E-state index in [0.29, 0.717) is 17.2 Å². The summed E-state index contributed by atoms with van der Waals surface area (Å²) in [6.07, 6.45) is 3.95. The van der Waals surface area contributed by atoms with Crippen LogP contribution in [-0.2, 0) is 4.79 Å². The highest BCUT2D eigenvalue weighted by atomic mass is 16.5. The number of carbonyl (C=O) groups excluding carboxylic acids is 1. The van der Waals surface area contributed by atoms with Crippen LogP contribution in [0.25, 0.3) is 12.2 Å². The van der Waals surface area contributed by atoms with Gasteiger partial charge >= 0.3 is 5.97 Å². The Morgan fingerprint density at radius 3 is 2.05 bits per heavy atom. The molecule has 0 bridgehead atoms. The molecule has 0 unspecified atom stereocenters. The van der Waals surface area contributed by atoms with Crippen molar-refractivity contribution in [3.05, 3.63) is 53.6 Å². The molecule has 22 heavy (non-hydrogen) atoms. The number of rotatable bonds is 5. The van der Waals surface area contributed by atoms with Crippen LogP contribution >= 0.6 is 0 Å². The van der Waals surface area contributed by atoms with Crippen molar-refractivity contribution in [3.8, 4) is 17.2 Å². The molecule has 114 valence electrons. The van der Waals surface area contributed by atoms with Crippen LogP contribution in [0.1, 0.15) is 18.1 Å². The van der Waals surface area contributed by atoms with Gasteiger partial charge in [-0.25, -0.2) is 0 Å². The summed E-state index contributed by atoms with van der Waals surface area (Å²) in [7, 11) is 3.22. The topological polar surface area (TPSA) is 44.8 Å². The van der Waals surface area contributed by atoms with Gasteiger partial charge < -0.3 is 14.2 Å². The molecular formula is C18H18O4. The van der Waals surface area contributed by atoms with Gasteiger partial charge in [-0.3, -0.25) is 4.79 Å². The fourth-order valence-corrected chi connectivity index (χ4v) is 1.96. The number of ether oxygens (including phenoxy) is 3. The van der Waals surface area contributed by atoms with Gasteiger partial charge in [0, 0.05) is 6.92 Å². The van der Waals surface area contributed by atoms with Crippen molar-refractivity contribution in [2.24, 2.45) is 0 Å². The van der Waals surface area contributed by atoms with Crippen LogP contribution in [0.2, 0.25) is 0 Å². The summed E-state index contributed by atoms with van der Waals surface area (Å²) < 4.78 is 15.5. The number of esters is 1. The lowest BCUT2D eigenvalue weighted by Gasteiger charge is -2.07. The van der Waals surface area contributed by atoms with Crippen LogP contribution < -0.4 is 14.2 Å². The minimum atomic E-state index is -0.325. The van der Waals surface area contributed by atoms with Crippen LogP contribution in [0.4, 0.5) is 0 Å². The molecule has 4 heteroatoms. The normalized spacial score (nSPS) is 10.5. The predicted octanol–water partition coefficient (Wildman–Crippen LogP) is 3.80. The zero-order valence-electron chi connectivity index (χ0n) is 12.8. The maximum absolute atomic E-state index is 10.9. The summed E-state index contributed by atoms with van der Waals surface area (Å²) in [5, 5.41) is 0. The molecule has 0 N–H and O–H groups in total. The molecule has 4 nitrogen and oxygen atoms in total. The van der Waals surface area contributed by atoms with Gasteiger partial charge in [0.1, 0.15) is 5.75 Å². The lowest BCUT2D eigenvalue weighted by molar-refractivity contribution is -0.131. The van der Waals surface area contributed by atoms with Gasteiger partial charge in [-0.15, -0.1) is 0 Å². The highest BCUT2D eigenvalue weighted by molar-refractivity contribution is 5.72. The molecule has 0 amide bonds. The molecule has 0 atom stereocenters. The first-order chi connectivity index (χ1) is 10.6. The zero-order valence-corrected chi connectivity index (χ0v) is 12.8. The van der Waals surface area contributed by atoms with E-state index in [2.05, 4.69) is 0 Å². The molecule has 0 radical (unpaired) electrons. The van der Waals surface area contributed by atoms with Crippen LogP contribution in [0, 0.1) is 0 Å². The smallest absolute Gasteiger partial charge is 0.308 e. The maximum Gasteiger partial charge on any atom is 0.308 e. The quantitative estimate of drug-likeness (QED) is 0.478. The fraction of sp³-hybridized carbons (Fsp3) is 0.167. The minimum Gasteiger partial charge on any atom is -0.493 e. The fourth-order valence-electron chi connectivity index (χ4n) is 1.96. The second kappa shape index (κ2) is 7.31. The summed E-state index contributed by atoms with van der Waals surface area (Å²) in [4.78, 5) is 10.9. The lowest BCUT2D eigenvalue weighted by Crippen LogP contribution is -2.00. The molecule has 0 saturated heterocycles. The van der Waals surface area contributed by atoms with Crippen LogP contribution in [0.3, 0.4) is 0 Å². The SMILES string of the molecule is COc1ccc(/C=C/c2ccc(OC(C)=O)cc2)cc1OC. The van der Waals surface area contributed by atoms with Gasteiger partial charge in [-0.2, -0.15) is 0 Å². The minimum absolute atomic E-state index is 0.325. The Kier molecular flexibility index (Phi) is 5.20. The molecule has 0 spiro atoms. The Bertz CT molecular complexity index is 672. The Morgan fingerprint density at radius 2 is 1.45 bits per heavy atom. The van der Waals surface area contributed by atoms with E-state index >= 15 is 0 Å². The third-order valence-electron chi connectivity index (χ3n) is 3.02.